The van der Waals surface area contributed by atoms with Crippen LogP contribution in [-0.4, -0.2) is 48.3 Å². The molecule has 0 aliphatic rings. The van der Waals surface area contributed by atoms with Crippen LogP contribution in [0.3, 0.4) is 0 Å². The second-order valence-corrected chi connectivity index (χ2v) is 4.78. The Labute approximate surface area is 94.9 Å². The van der Waals surface area contributed by atoms with Crippen molar-refractivity contribution in [1.82, 2.24) is 10.2 Å². The Bertz CT molecular complexity index is 143. The zero-order valence-electron chi connectivity index (χ0n) is 10.8. The molecule has 0 bridgehead atoms. The van der Waals surface area contributed by atoms with E-state index in [1.165, 1.54) is 6.42 Å². The van der Waals surface area contributed by atoms with Crippen LogP contribution in [0.2, 0.25) is 0 Å². The number of hydrogen-bond donors (Lipinski definition) is 2. The van der Waals surface area contributed by atoms with E-state index in [1.807, 2.05) is 13.8 Å². The maximum absolute atomic E-state index is 9.70. The van der Waals surface area contributed by atoms with Crippen LogP contribution in [0.1, 0.15) is 40.5 Å². The lowest BCUT2D eigenvalue weighted by molar-refractivity contribution is 0.0376. The Hall–Kier alpha value is -0.120. The van der Waals surface area contributed by atoms with Gasteiger partial charge < -0.3 is 15.3 Å². The quantitative estimate of drug-likeness (QED) is 0.573. The van der Waals surface area contributed by atoms with Crippen molar-refractivity contribution >= 4 is 0 Å². The predicted molar refractivity (Wildman–Crippen MR) is 66.2 cm³/mol. The monoisotopic (exact) mass is 216 g/mol. The highest BCUT2D eigenvalue weighted by Gasteiger charge is 2.16. The largest absolute Gasteiger partial charge is 0.389 e. The van der Waals surface area contributed by atoms with Crippen LogP contribution in [0.4, 0.5) is 0 Å². The summed E-state index contributed by atoms with van der Waals surface area (Å²) in [7, 11) is 0. The minimum Gasteiger partial charge on any atom is -0.389 e. The summed E-state index contributed by atoms with van der Waals surface area (Å²) in [6.07, 6.45) is 2.35. The van der Waals surface area contributed by atoms with Gasteiger partial charge in [-0.2, -0.15) is 0 Å². The molecular formula is C12H28N2O. The van der Waals surface area contributed by atoms with E-state index in [-0.39, 0.29) is 0 Å². The van der Waals surface area contributed by atoms with Gasteiger partial charge in [-0.1, -0.05) is 13.8 Å². The van der Waals surface area contributed by atoms with E-state index >= 15 is 0 Å². The van der Waals surface area contributed by atoms with E-state index in [2.05, 4.69) is 24.1 Å². The van der Waals surface area contributed by atoms with E-state index in [4.69, 9.17) is 0 Å². The van der Waals surface area contributed by atoms with Crippen LogP contribution in [0.15, 0.2) is 0 Å². The Morgan fingerprint density at radius 2 is 1.87 bits per heavy atom. The highest BCUT2D eigenvalue weighted by Crippen LogP contribution is 2.04. The second-order valence-electron chi connectivity index (χ2n) is 4.78. The number of likely N-dealkylation sites (N-methyl/N-ethyl adjacent to an activating group) is 1. The lowest BCUT2D eigenvalue weighted by Crippen LogP contribution is -2.39. The molecule has 0 amide bonds. The van der Waals surface area contributed by atoms with Crippen LogP contribution in [0, 0.1) is 0 Å². The van der Waals surface area contributed by atoms with Crippen LogP contribution in [-0.2, 0) is 0 Å². The average Bonchev–Trinajstić information content (AvgIpc) is 2.14. The van der Waals surface area contributed by atoms with Crippen molar-refractivity contribution in [2.45, 2.75) is 46.1 Å². The summed E-state index contributed by atoms with van der Waals surface area (Å²) in [5.74, 6) is 0. The molecule has 3 nitrogen and oxygen atoms in total. The molecule has 0 aliphatic carbocycles. The summed E-state index contributed by atoms with van der Waals surface area (Å²) in [6, 6.07) is 0. The van der Waals surface area contributed by atoms with Gasteiger partial charge in [-0.3, -0.25) is 0 Å². The smallest absolute Gasteiger partial charge is 0.0718 e. The van der Waals surface area contributed by atoms with E-state index < -0.39 is 5.60 Å². The number of nitrogens with zero attached hydrogens (tertiary/aromatic N) is 1. The lowest BCUT2D eigenvalue weighted by Gasteiger charge is -2.27. The molecule has 0 rings (SSSR count). The van der Waals surface area contributed by atoms with Gasteiger partial charge in [0.05, 0.1) is 5.60 Å². The van der Waals surface area contributed by atoms with Crippen LogP contribution < -0.4 is 5.32 Å². The maximum Gasteiger partial charge on any atom is 0.0718 e. The first kappa shape index (κ1) is 14.9. The first-order chi connectivity index (χ1) is 6.99. The molecule has 0 heterocycles. The summed E-state index contributed by atoms with van der Waals surface area (Å²) in [5.41, 5.74) is -0.577. The van der Waals surface area contributed by atoms with Crippen molar-refractivity contribution in [3.8, 4) is 0 Å². The molecule has 0 aromatic rings. The second kappa shape index (κ2) is 8.08. The summed E-state index contributed by atoms with van der Waals surface area (Å²) in [4.78, 5) is 2.30. The van der Waals surface area contributed by atoms with Gasteiger partial charge in [-0.25, -0.2) is 0 Å². The molecule has 15 heavy (non-hydrogen) atoms. The molecule has 0 atom stereocenters. The molecule has 3 heteroatoms. The van der Waals surface area contributed by atoms with E-state index in [9.17, 15) is 5.11 Å². The summed E-state index contributed by atoms with van der Waals surface area (Å²) >= 11 is 0. The third kappa shape index (κ3) is 10.2. The summed E-state index contributed by atoms with van der Waals surface area (Å²) < 4.78 is 0. The van der Waals surface area contributed by atoms with Gasteiger partial charge in [0, 0.05) is 6.54 Å². The molecule has 0 aromatic heterocycles. The van der Waals surface area contributed by atoms with Crippen LogP contribution >= 0.6 is 0 Å². The minimum absolute atomic E-state index is 0.577. The third-order valence-corrected chi connectivity index (χ3v) is 2.31. The van der Waals surface area contributed by atoms with Crippen LogP contribution in [0.25, 0.3) is 0 Å². The summed E-state index contributed by atoms with van der Waals surface area (Å²) in [5, 5.41) is 13.1. The van der Waals surface area contributed by atoms with Crippen molar-refractivity contribution in [1.29, 1.82) is 0 Å². The number of nitrogens with one attached hydrogen (secondary N) is 1. The fourth-order valence-corrected chi connectivity index (χ4v) is 1.63. The van der Waals surface area contributed by atoms with Crippen LogP contribution in [0.5, 0.6) is 0 Å². The van der Waals surface area contributed by atoms with Crippen molar-refractivity contribution in [2.75, 3.05) is 32.7 Å². The molecule has 0 aromatic carbocycles. The predicted octanol–water partition coefficient (Wildman–Crippen LogP) is 1.47. The topological polar surface area (TPSA) is 35.5 Å². The van der Waals surface area contributed by atoms with Gasteiger partial charge in [0.25, 0.3) is 0 Å². The molecule has 0 aliphatic heterocycles. The first-order valence-corrected chi connectivity index (χ1v) is 6.15. The fraction of sp³-hybridized carbons (Fsp3) is 1.00. The Balaban J connectivity index is 3.53. The number of aliphatic hydroxyl groups is 1. The van der Waals surface area contributed by atoms with Gasteiger partial charge in [-0.15, -0.1) is 0 Å². The van der Waals surface area contributed by atoms with Gasteiger partial charge >= 0.3 is 0 Å². The fourth-order valence-electron chi connectivity index (χ4n) is 1.63. The van der Waals surface area contributed by atoms with Crippen molar-refractivity contribution < 1.29 is 5.11 Å². The molecule has 0 fully saturated rings. The maximum atomic E-state index is 9.70. The molecule has 0 radical (unpaired) electrons. The zero-order chi connectivity index (χ0) is 11.7. The average molecular weight is 216 g/mol. The summed E-state index contributed by atoms with van der Waals surface area (Å²) in [6.45, 7) is 13.1. The molecule has 0 saturated heterocycles. The van der Waals surface area contributed by atoms with Gasteiger partial charge in [-0.05, 0) is 52.9 Å². The van der Waals surface area contributed by atoms with Crippen molar-refractivity contribution in [3.05, 3.63) is 0 Å². The van der Waals surface area contributed by atoms with E-state index in [1.54, 1.807) is 0 Å². The highest BCUT2D eigenvalue weighted by molar-refractivity contribution is 4.71. The molecule has 0 unspecified atom stereocenters. The molecule has 0 saturated carbocycles. The van der Waals surface area contributed by atoms with E-state index in [0.717, 1.165) is 39.1 Å². The Morgan fingerprint density at radius 3 is 2.33 bits per heavy atom. The lowest BCUT2D eigenvalue weighted by atomic mass is 10.1. The number of rotatable bonds is 9. The SMILES string of the molecule is CCCNCCCN(CC)CC(C)(C)O. The van der Waals surface area contributed by atoms with Crippen molar-refractivity contribution in [3.63, 3.8) is 0 Å². The zero-order valence-corrected chi connectivity index (χ0v) is 10.8. The first-order valence-electron chi connectivity index (χ1n) is 6.15. The molecular weight excluding hydrogens is 188 g/mol. The standard InChI is InChI=1S/C12H28N2O/c1-5-8-13-9-7-10-14(6-2)11-12(3,4)15/h13,15H,5-11H2,1-4H3. The molecule has 0 spiro atoms. The van der Waals surface area contributed by atoms with Gasteiger partial charge in [0.2, 0.25) is 0 Å². The van der Waals surface area contributed by atoms with Crippen molar-refractivity contribution in [2.24, 2.45) is 0 Å². The molecule has 2 N–H and O–H groups in total. The van der Waals surface area contributed by atoms with E-state index in [0.29, 0.717) is 0 Å². The normalized spacial score (nSPS) is 12.4. The Kier molecular flexibility index (Phi) is 8.02. The number of hydrogen-bond acceptors (Lipinski definition) is 3. The van der Waals surface area contributed by atoms with Gasteiger partial charge in [0.1, 0.15) is 0 Å². The minimum atomic E-state index is -0.577. The highest BCUT2D eigenvalue weighted by atomic mass is 16.3. The third-order valence-electron chi connectivity index (χ3n) is 2.31. The Morgan fingerprint density at radius 1 is 1.20 bits per heavy atom. The molecule has 92 valence electrons. The van der Waals surface area contributed by atoms with Gasteiger partial charge in [0.15, 0.2) is 0 Å².